The molecule has 0 aliphatic carbocycles. The third-order valence-corrected chi connectivity index (χ3v) is 8.73. The number of rotatable bonds is 6. The largest absolute Gasteiger partial charge is 0.550 e. The molecule has 0 atom stereocenters. The quantitative estimate of drug-likeness (QED) is 0.156. The van der Waals surface area contributed by atoms with E-state index in [1.165, 1.54) is 11.2 Å². The number of carboxylic acid groups (broad SMARTS) is 1. The minimum atomic E-state index is -1.08. The van der Waals surface area contributed by atoms with Gasteiger partial charge in [0.25, 0.3) is 5.91 Å². The lowest BCUT2D eigenvalue weighted by molar-refractivity contribution is -0.909. The van der Waals surface area contributed by atoms with Gasteiger partial charge in [0.1, 0.15) is 18.8 Å². The number of nitrogens with zero attached hydrogens (tertiary/aromatic N) is 3. The van der Waals surface area contributed by atoms with Crippen molar-refractivity contribution in [3.8, 4) is 17.2 Å². The molecule has 0 spiro atoms. The molecule has 2 aromatic carbocycles. The van der Waals surface area contributed by atoms with E-state index in [4.69, 9.17) is 19.7 Å². The van der Waals surface area contributed by atoms with Gasteiger partial charge >= 0.3 is 0 Å². The minimum absolute atomic E-state index is 0.161. The molecule has 49 heavy (non-hydrogen) atoms. The zero-order chi connectivity index (χ0) is 37.9. The molecular formula is C39H61N3O7. The number of aliphatic carboxylic acids is 1. The summed E-state index contributed by atoms with van der Waals surface area (Å²) in [4.78, 5) is 23.0. The summed E-state index contributed by atoms with van der Waals surface area (Å²) in [6, 6.07) is 5.87. The van der Waals surface area contributed by atoms with E-state index in [2.05, 4.69) is 48.6 Å². The van der Waals surface area contributed by atoms with Crippen LogP contribution in [-0.4, -0.2) is 82.8 Å². The number of quaternary nitrogens is 1. The molecule has 0 saturated carbocycles. The molecule has 3 N–H and O–H groups in total. The lowest BCUT2D eigenvalue weighted by Gasteiger charge is -2.37. The van der Waals surface area contributed by atoms with Crippen LogP contribution in [0.25, 0.3) is 0 Å². The summed E-state index contributed by atoms with van der Waals surface area (Å²) >= 11 is 0. The van der Waals surface area contributed by atoms with Crippen LogP contribution in [0.15, 0.2) is 23.3 Å². The van der Waals surface area contributed by atoms with Crippen LogP contribution >= 0.6 is 0 Å². The number of morpholine rings is 1. The Balaban J connectivity index is 0.00000197. The van der Waals surface area contributed by atoms with Gasteiger partial charge < -0.3 is 34.4 Å². The molecule has 1 aliphatic heterocycles. The van der Waals surface area contributed by atoms with Crippen molar-refractivity contribution in [2.75, 3.05) is 39.9 Å². The first-order valence-corrected chi connectivity index (χ1v) is 17.0. The van der Waals surface area contributed by atoms with Crippen molar-refractivity contribution < 1.29 is 39.2 Å². The van der Waals surface area contributed by atoms with Crippen molar-refractivity contribution in [1.82, 2.24) is 5.01 Å². The molecule has 1 heterocycles. The second-order valence-corrected chi connectivity index (χ2v) is 17.6. The highest BCUT2D eigenvalue weighted by molar-refractivity contribution is 5.89. The zero-order valence-electron chi connectivity index (χ0n) is 32.4. The summed E-state index contributed by atoms with van der Waals surface area (Å²) in [5.74, 6) is -1.39. The molecule has 0 unspecified atom stereocenters. The Labute approximate surface area is 294 Å². The van der Waals surface area contributed by atoms with E-state index in [9.17, 15) is 20.1 Å². The highest BCUT2D eigenvalue weighted by Gasteiger charge is 2.33. The third kappa shape index (κ3) is 11.2. The monoisotopic (exact) mass is 683 g/mol. The Morgan fingerprint density at radius 1 is 0.776 bits per heavy atom. The Hall–Kier alpha value is -3.63. The number of ether oxygens (including phenoxy) is 1. The fraction of sp³-hybridized carbons (Fsp3) is 0.615. The van der Waals surface area contributed by atoms with E-state index < -0.39 is 11.4 Å². The van der Waals surface area contributed by atoms with Crippen molar-refractivity contribution in [2.24, 2.45) is 5.10 Å². The van der Waals surface area contributed by atoms with Gasteiger partial charge in [-0.05, 0) is 63.0 Å². The highest BCUT2D eigenvalue weighted by atomic mass is 16.5. The van der Waals surface area contributed by atoms with Gasteiger partial charge in [-0.1, -0.05) is 89.2 Å². The molecule has 0 aromatic heterocycles. The number of phenolic OH excluding ortho intramolecular Hbond substituents is 3. The molecule has 0 bridgehead atoms. The lowest BCUT2D eigenvalue weighted by atomic mass is 9.77. The molecule has 0 radical (unpaired) electrons. The molecule has 274 valence electrons. The van der Waals surface area contributed by atoms with Crippen LogP contribution in [0.3, 0.4) is 0 Å². The normalized spacial score (nSPS) is 15.5. The van der Waals surface area contributed by atoms with Gasteiger partial charge in [-0.15, -0.1) is 0 Å². The maximum absolute atomic E-state index is 14.1. The third-order valence-electron chi connectivity index (χ3n) is 8.73. The van der Waals surface area contributed by atoms with E-state index >= 15 is 0 Å². The first-order valence-electron chi connectivity index (χ1n) is 17.0. The van der Waals surface area contributed by atoms with Gasteiger partial charge in [-0.3, -0.25) is 4.79 Å². The summed E-state index contributed by atoms with van der Waals surface area (Å²) in [6.45, 7) is 28.5. The second-order valence-electron chi connectivity index (χ2n) is 17.6. The van der Waals surface area contributed by atoms with Crippen molar-refractivity contribution in [3.05, 3.63) is 51.6 Å². The number of carbonyl (C=O) groups excluding carboxylic acids is 2. The number of phenols is 3. The average molecular weight is 684 g/mol. The Morgan fingerprint density at radius 3 is 1.59 bits per heavy atom. The highest BCUT2D eigenvalue weighted by Crippen LogP contribution is 2.44. The van der Waals surface area contributed by atoms with Crippen LogP contribution < -0.4 is 5.11 Å². The first-order chi connectivity index (χ1) is 22.1. The Kier molecular flexibility index (Phi) is 12.8. The number of benzene rings is 2. The molecule has 3 rings (SSSR count). The van der Waals surface area contributed by atoms with Crippen molar-refractivity contribution in [1.29, 1.82) is 0 Å². The van der Waals surface area contributed by atoms with Gasteiger partial charge in [-0.25, -0.2) is 5.01 Å². The van der Waals surface area contributed by atoms with Gasteiger partial charge in [0.05, 0.1) is 33.0 Å². The smallest absolute Gasteiger partial charge is 0.298 e. The average Bonchev–Trinajstić information content (AvgIpc) is 2.90. The zero-order valence-corrected chi connectivity index (χ0v) is 32.4. The molecule has 1 aliphatic rings. The summed E-state index contributed by atoms with van der Waals surface area (Å²) in [5.41, 5.74) is 2.88. The number of hydrogen-bond donors (Lipinski definition) is 3. The Bertz CT molecular complexity index is 1490. The van der Waals surface area contributed by atoms with Crippen LogP contribution in [-0.2, 0) is 42.5 Å². The van der Waals surface area contributed by atoms with E-state index in [0.717, 1.165) is 42.3 Å². The maximum Gasteiger partial charge on any atom is 0.298 e. The summed E-state index contributed by atoms with van der Waals surface area (Å²) in [7, 11) is 2.06. The Morgan fingerprint density at radius 2 is 1.18 bits per heavy atom. The number of amides is 1. The van der Waals surface area contributed by atoms with Crippen LogP contribution in [0.5, 0.6) is 17.2 Å². The molecule has 10 heteroatoms. The molecule has 1 amide bonds. The van der Waals surface area contributed by atoms with Crippen molar-refractivity contribution in [2.45, 2.75) is 118 Å². The van der Waals surface area contributed by atoms with Gasteiger partial charge in [0, 0.05) is 17.1 Å². The van der Waals surface area contributed by atoms with E-state index in [1.54, 1.807) is 0 Å². The molecule has 10 nitrogen and oxygen atoms in total. The van der Waals surface area contributed by atoms with Crippen LogP contribution in [0, 0.1) is 0 Å². The summed E-state index contributed by atoms with van der Waals surface area (Å²) in [5, 5.41) is 48.8. The van der Waals surface area contributed by atoms with E-state index in [-0.39, 0.29) is 52.5 Å². The number of aromatic hydroxyl groups is 3. The number of likely N-dealkylation sites (N-methyl/N-ethyl adjacent to an activating group) is 1. The van der Waals surface area contributed by atoms with Crippen LogP contribution in [0.4, 0.5) is 0 Å². The predicted octanol–water partition coefficient (Wildman–Crippen LogP) is 5.59. The number of carbonyl (C=O) groups is 2. The van der Waals surface area contributed by atoms with Crippen molar-refractivity contribution in [3.63, 3.8) is 0 Å². The molecule has 1 saturated heterocycles. The van der Waals surface area contributed by atoms with Crippen molar-refractivity contribution >= 4 is 18.1 Å². The molecule has 1 fully saturated rings. The number of hydrogen-bond acceptors (Lipinski definition) is 8. The summed E-state index contributed by atoms with van der Waals surface area (Å²) < 4.78 is 6.11. The van der Waals surface area contributed by atoms with Gasteiger partial charge in [0.2, 0.25) is 0 Å². The predicted molar refractivity (Wildman–Crippen MR) is 193 cm³/mol. The first kappa shape index (κ1) is 41.5. The summed E-state index contributed by atoms with van der Waals surface area (Å²) in [6.07, 6.45) is 1.51. The van der Waals surface area contributed by atoms with Crippen LogP contribution in [0.2, 0.25) is 0 Å². The molecular weight excluding hydrogens is 622 g/mol. The fourth-order valence-corrected chi connectivity index (χ4v) is 5.77. The minimum Gasteiger partial charge on any atom is -0.550 e. The topological polar surface area (TPSA) is 143 Å². The van der Waals surface area contributed by atoms with Gasteiger partial charge in [-0.2, -0.15) is 5.10 Å². The number of hydrazone groups is 1. The number of carboxylic acids is 1. The fourth-order valence-electron chi connectivity index (χ4n) is 5.77. The SMILES string of the molecule is CC(=O)[O-].CC(C)(C)c1cc(CN(N=Cc2c(C(C)(C)C)cc(C(C)(C)C)c(O)c2O)C(=O)C[N+]2(C)CCOCC2)cc(C(C)(C)C)c1O. The second kappa shape index (κ2) is 15.1. The van der Waals surface area contributed by atoms with E-state index in [1.807, 2.05) is 59.7 Å². The van der Waals surface area contributed by atoms with E-state index in [0.29, 0.717) is 28.8 Å². The lowest BCUT2D eigenvalue weighted by Crippen LogP contribution is -2.56. The standard InChI is InChI=1S/C37H57N3O5.C2H4O2/c1-34(2,3)26-20-29(37(10,11)12)33(44)31(42)25(26)21-38-39(30(41)23-40(13)14-16-45-17-15-40)22-24-18-27(35(4,5)6)32(43)28(19-24)36(7,8)9;1-2(3)4/h18-21H,14-17,22-23H2,1-13H3,(H2-,38,42,43,44);1H3,(H,3,4). The molecule has 2 aromatic rings. The maximum atomic E-state index is 14.1. The van der Waals surface area contributed by atoms with Crippen LogP contribution in [0.1, 0.15) is 123 Å². The van der Waals surface area contributed by atoms with Gasteiger partial charge in [0.15, 0.2) is 18.0 Å².